The highest BCUT2D eigenvalue weighted by Crippen LogP contribution is 2.33. The van der Waals surface area contributed by atoms with Gasteiger partial charge in [-0.3, -0.25) is 10.2 Å². The van der Waals surface area contributed by atoms with Crippen LogP contribution in [0.15, 0.2) is 69.6 Å². The number of amides is 1. The van der Waals surface area contributed by atoms with Crippen LogP contribution in [0.3, 0.4) is 0 Å². The molecule has 1 N–H and O–H groups in total. The molecule has 1 amide bonds. The van der Waals surface area contributed by atoms with E-state index < -0.39 is 5.91 Å². The Kier molecular flexibility index (Phi) is 6.25. The highest BCUT2D eigenvalue weighted by molar-refractivity contribution is 8.18. The van der Waals surface area contributed by atoms with E-state index in [1.165, 1.54) is 28.5 Å². The first-order valence-electron chi connectivity index (χ1n) is 11.2. The molecule has 0 saturated heterocycles. The van der Waals surface area contributed by atoms with Crippen LogP contribution in [-0.2, 0) is 10.5 Å². The third-order valence-corrected chi connectivity index (χ3v) is 7.77. The number of aliphatic imine (C=N–C) groups is 1. The fourth-order valence-electron chi connectivity index (χ4n) is 4.38. The Balaban J connectivity index is 1.45. The number of carbonyl (C=O) groups excluding carboxylic acids is 1. The minimum absolute atomic E-state index is 0.112. The Morgan fingerprint density at radius 2 is 1.74 bits per heavy atom. The van der Waals surface area contributed by atoms with Gasteiger partial charge in [-0.05, 0) is 74.2 Å². The van der Waals surface area contributed by atoms with Crippen molar-refractivity contribution in [3.63, 3.8) is 0 Å². The van der Waals surface area contributed by atoms with Crippen LogP contribution in [0, 0.1) is 33.1 Å². The lowest BCUT2D eigenvalue weighted by Gasteiger charge is -2.24. The summed E-state index contributed by atoms with van der Waals surface area (Å²) in [7, 11) is 0. The van der Waals surface area contributed by atoms with Gasteiger partial charge in [-0.25, -0.2) is 4.90 Å². The number of carbonyl (C=O) groups is 1. The van der Waals surface area contributed by atoms with Crippen molar-refractivity contribution in [3.05, 3.63) is 93.8 Å². The average molecular weight is 500 g/mol. The number of nitrogens with one attached hydrogen (secondary N) is 1. The Morgan fingerprint density at radius 1 is 1.03 bits per heavy atom. The van der Waals surface area contributed by atoms with E-state index in [2.05, 4.69) is 71.1 Å². The molecule has 2 aliphatic rings. The molecule has 0 aliphatic carbocycles. The number of thioether (sulfide) groups is 1. The number of aromatic nitrogens is 1. The average Bonchev–Trinajstić information content (AvgIpc) is 3.34. The molecule has 176 valence electrons. The predicted octanol–water partition coefficient (Wildman–Crippen LogP) is 6.22. The van der Waals surface area contributed by atoms with Crippen LogP contribution in [0.1, 0.15) is 33.6 Å². The molecule has 0 fully saturated rings. The molecular formula is C27H25N5OS2. The monoisotopic (exact) mass is 499 g/mol. The van der Waals surface area contributed by atoms with E-state index in [1.54, 1.807) is 11.0 Å². The van der Waals surface area contributed by atoms with Crippen LogP contribution in [0.4, 0.5) is 0 Å². The highest BCUT2D eigenvalue weighted by atomic mass is 32.2. The maximum atomic E-state index is 12.9. The molecule has 35 heavy (non-hydrogen) atoms. The molecule has 6 nitrogen and oxygen atoms in total. The number of aryl methyl sites for hydroxylation is 3. The summed E-state index contributed by atoms with van der Waals surface area (Å²) in [6.45, 7) is 8.28. The van der Waals surface area contributed by atoms with Gasteiger partial charge in [-0.1, -0.05) is 48.2 Å². The molecule has 0 atom stereocenters. The SMILES string of the molecule is Cc1cc(C)cc(-n2c(C)cc(/C=C3\C(=N)N4C(SCc5ccccc5)=NSC4=NC3=O)c2C)c1. The molecule has 0 unspecified atom stereocenters. The molecule has 0 bridgehead atoms. The fourth-order valence-corrected chi connectivity index (χ4v) is 6.18. The normalized spacial score (nSPS) is 16.6. The Hall–Kier alpha value is -3.36. The number of hydrogen-bond acceptors (Lipinski definition) is 5. The predicted molar refractivity (Wildman–Crippen MR) is 147 cm³/mol. The molecule has 3 aromatic rings. The minimum Gasteiger partial charge on any atom is -0.318 e. The van der Waals surface area contributed by atoms with Crippen molar-refractivity contribution in [2.24, 2.45) is 9.39 Å². The Labute approximate surface area is 213 Å². The molecule has 2 aromatic carbocycles. The summed E-state index contributed by atoms with van der Waals surface area (Å²) in [5.74, 6) is 0.427. The van der Waals surface area contributed by atoms with Gasteiger partial charge in [-0.15, -0.1) is 0 Å². The summed E-state index contributed by atoms with van der Waals surface area (Å²) < 4.78 is 6.67. The summed E-state index contributed by atoms with van der Waals surface area (Å²) in [4.78, 5) is 18.8. The zero-order valence-electron chi connectivity index (χ0n) is 20.0. The van der Waals surface area contributed by atoms with Gasteiger partial charge in [0.25, 0.3) is 5.91 Å². The number of amidine groups is 3. The van der Waals surface area contributed by atoms with Crippen molar-refractivity contribution in [3.8, 4) is 5.69 Å². The van der Waals surface area contributed by atoms with Gasteiger partial charge in [0, 0.05) is 22.8 Å². The lowest BCUT2D eigenvalue weighted by Crippen LogP contribution is -2.41. The van der Waals surface area contributed by atoms with Crippen LogP contribution in [-0.4, -0.2) is 31.5 Å². The van der Waals surface area contributed by atoms with Crippen LogP contribution in [0.25, 0.3) is 11.8 Å². The van der Waals surface area contributed by atoms with E-state index in [-0.39, 0.29) is 11.4 Å². The van der Waals surface area contributed by atoms with Gasteiger partial charge in [0.15, 0.2) is 5.17 Å². The minimum atomic E-state index is -0.408. The largest absolute Gasteiger partial charge is 0.318 e. The molecule has 1 aromatic heterocycles. The second-order valence-corrected chi connectivity index (χ2v) is 10.4. The summed E-state index contributed by atoms with van der Waals surface area (Å²) in [5.41, 5.74) is 7.91. The smallest absolute Gasteiger partial charge is 0.283 e. The van der Waals surface area contributed by atoms with Crippen LogP contribution < -0.4 is 0 Å². The topological polar surface area (TPSA) is 73.8 Å². The summed E-state index contributed by atoms with van der Waals surface area (Å²) >= 11 is 2.68. The number of hydrogen-bond donors (Lipinski definition) is 1. The van der Waals surface area contributed by atoms with Crippen molar-refractivity contribution in [2.45, 2.75) is 33.4 Å². The number of benzene rings is 2. The van der Waals surface area contributed by atoms with E-state index in [1.807, 2.05) is 25.1 Å². The zero-order valence-corrected chi connectivity index (χ0v) is 21.6. The lowest BCUT2D eigenvalue weighted by atomic mass is 10.1. The van der Waals surface area contributed by atoms with Crippen molar-refractivity contribution in [1.82, 2.24) is 9.47 Å². The summed E-state index contributed by atoms with van der Waals surface area (Å²) in [6, 6.07) is 18.6. The first-order chi connectivity index (χ1) is 16.8. The molecule has 0 radical (unpaired) electrons. The first-order valence-corrected chi connectivity index (χ1v) is 13.0. The Morgan fingerprint density at radius 3 is 2.46 bits per heavy atom. The van der Waals surface area contributed by atoms with Gasteiger partial charge < -0.3 is 4.57 Å². The van der Waals surface area contributed by atoms with Crippen LogP contribution in [0.5, 0.6) is 0 Å². The maximum absolute atomic E-state index is 12.9. The molecule has 0 saturated carbocycles. The second-order valence-electron chi connectivity index (χ2n) is 8.69. The van der Waals surface area contributed by atoms with Crippen LogP contribution in [0.2, 0.25) is 0 Å². The lowest BCUT2D eigenvalue weighted by molar-refractivity contribution is -0.114. The third-order valence-electron chi connectivity index (χ3n) is 5.94. The second kappa shape index (κ2) is 9.36. The number of rotatable bonds is 4. The summed E-state index contributed by atoms with van der Waals surface area (Å²) in [5, 5.41) is 9.97. The van der Waals surface area contributed by atoms with Gasteiger partial charge in [0.2, 0.25) is 5.17 Å². The number of fused-ring (bicyclic) bond motifs is 1. The molecule has 0 spiro atoms. The fraction of sp³-hybridized carbons (Fsp3) is 0.185. The third kappa shape index (κ3) is 4.51. The van der Waals surface area contributed by atoms with Gasteiger partial charge in [0.1, 0.15) is 5.84 Å². The first kappa shape index (κ1) is 23.4. The van der Waals surface area contributed by atoms with Crippen molar-refractivity contribution < 1.29 is 4.79 Å². The molecule has 8 heteroatoms. The quantitative estimate of drug-likeness (QED) is 0.342. The molecule has 3 heterocycles. The van der Waals surface area contributed by atoms with Gasteiger partial charge in [-0.2, -0.15) is 9.39 Å². The van der Waals surface area contributed by atoms with Crippen molar-refractivity contribution in [2.75, 3.05) is 0 Å². The molecular weight excluding hydrogens is 474 g/mol. The van der Waals surface area contributed by atoms with E-state index in [0.717, 1.165) is 40.3 Å². The Bertz CT molecular complexity index is 1430. The summed E-state index contributed by atoms with van der Waals surface area (Å²) in [6.07, 6.45) is 1.79. The zero-order chi connectivity index (χ0) is 24.7. The van der Waals surface area contributed by atoms with Crippen LogP contribution >= 0.6 is 23.7 Å². The van der Waals surface area contributed by atoms with Gasteiger partial charge >= 0.3 is 0 Å². The van der Waals surface area contributed by atoms with E-state index in [4.69, 9.17) is 5.41 Å². The van der Waals surface area contributed by atoms with Crippen molar-refractivity contribution >= 4 is 51.9 Å². The van der Waals surface area contributed by atoms with Crippen molar-refractivity contribution in [1.29, 1.82) is 5.41 Å². The van der Waals surface area contributed by atoms with E-state index in [0.29, 0.717) is 10.3 Å². The van der Waals surface area contributed by atoms with E-state index in [9.17, 15) is 4.79 Å². The molecule has 2 aliphatic heterocycles. The number of nitrogens with zero attached hydrogens (tertiary/aromatic N) is 4. The molecule has 5 rings (SSSR count). The standard InChI is InChI=1S/C27H25N5OS2/c1-16-10-17(2)12-22(11-16)31-18(3)13-21(19(31)4)14-23-24(28)32-26(29-25(23)33)35-30-27(32)34-15-20-8-6-5-7-9-20/h5-14,28H,15H2,1-4H3/b23-14+,28-24?. The highest BCUT2D eigenvalue weighted by Gasteiger charge is 2.37. The maximum Gasteiger partial charge on any atom is 0.283 e. The van der Waals surface area contributed by atoms with E-state index >= 15 is 0 Å². The van der Waals surface area contributed by atoms with Gasteiger partial charge in [0.05, 0.1) is 17.5 Å².